The van der Waals surface area contributed by atoms with E-state index in [0.29, 0.717) is 18.3 Å². The van der Waals surface area contributed by atoms with Gasteiger partial charge in [-0.25, -0.2) is 0 Å². The molecule has 1 saturated carbocycles. The quantitative estimate of drug-likeness (QED) is 0.258. The topological polar surface area (TPSA) is 96.0 Å². The molecule has 3 aromatic rings. The fourth-order valence-corrected chi connectivity index (χ4v) is 4.60. The van der Waals surface area contributed by atoms with Gasteiger partial charge in [-0.3, -0.25) is 10.2 Å². The third-order valence-electron chi connectivity index (χ3n) is 6.41. The second-order valence-corrected chi connectivity index (χ2v) is 9.19. The van der Waals surface area contributed by atoms with Crippen LogP contribution in [0.3, 0.4) is 0 Å². The number of anilines is 1. The first-order valence-electron chi connectivity index (χ1n) is 11.8. The summed E-state index contributed by atoms with van der Waals surface area (Å²) in [6, 6.07) is 16.4. The number of amides is 1. The highest BCUT2D eigenvalue weighted by Gasteiger charge is 2.23. The van der Waals surface area contributed by atoms with Crippen molar-refractivity contribution in [2.45, 2.75) is 44.2 Å². The zero-order chi connectivity index (χ0) is 24.1. The Kier molecular flexibility index (Phi) is 7.21. The number of carbonyl (C=O) groups is 1. The van der Waals surface area contributed by atoms with Gasteiger partial charge >= 0.3 is 0 Å². The highest BCUT2D eigenvalue weighted by atomic mass is 16.1. The lowest BCUT2D eigenvalue weighted by Crippen LogP contribution is -2.43. The molecule has 0 bridgehead atoms. The number of carbonyl (C=O) groups excluding carboxylic acids is 1. The molecule has 0 aliphatic heterocycles. The van der Waals surface area contributed by atoms with E-state index >= 15 is 0 Å². The summed E-state index contributed by atoms with van der Waals surface area (Å²) in [6.45, 7) is 4.14. The van der Waals surface area contributed by atoms with Crippen LogP contribution in [-0.4, -0.2) is 47.8 Å². The molecule has 0 atom stereocenters. The molecule has 1 fully saturated rings. The molecule has 7 nitrogen and oxygen atoms in total. The van der Waals surface area contributed by atoms with E-state index in [2.05, 4.69) is 27.5 Å². The van der Waals surface area contributed by atoms with Gasteiger partial charge in [-0.1, -0.05) is 36.9 Å². The molecule has 1 heterocycles. The Labute approximate surface area is 201 Å². The Bertz CT molecular complexity index is 1170. The predicted molar refractivity (Wildman–Crippen MR) is 139 cm³/mol. The minimum absolute atomic E-state index is 0.0761. The molecule has 1 aliphatic rings. The molecule has 7 heteroatoms. The lowest BCUT2D eigenvalue weighted by atomic mass is 9.91. The van der Waals surface area contributed by atoms with Gasteiger partial charge in [0.15, 0.2) is 0 Å². The molecule has 1 aromatic heterocycles. The lowest BCUT2D eigenvalue weighted by molar-refractivity contribution is -0.121. The Morgan fingerprint density at radius 3 is 2.41 bits per heavy atom. The molecule has 2 aromatic carbocycles. The van der Waals surface area contributed by atoms with Crippen molar-refractivity contribution in [3.63, 3.8) is 0 Å². The van der Waals surface area contributed by atoms with E-state index in [1.54, 1.807) is 4.90 Å². The monoisotopic (exact) mass is 458 g/mol. The van der Waals surface area contributed by atoms with Crippen LogP contribution >= 0.6 is 0 Å². The van der Waals surface area contributed by atoms with Gasteiger partial charge in [0, 0.05) is 48.8 Å². The summed E-state index contributed by atoms with van der Waals surface area (Å²) in [5.74, 6) is 1.25. The number of nitrogens with one attached hydrogen (secondary N) is 5. The van der Waals surface area contributed by atoms with Crippen LogP contribution in [0, 0.1) is 5.41 Å². The fraction of sp³-hybridized carbons (Fsp3) is 0.333. The standard InChI is InChI=1S/C27H34N6O/c1-18(31-25-11-7-5-9-23(25)27(28)33(2)3)30-20-12-14-21(15-13-20)32-26(34)16-19-17-29-24-10-6-4-8-22(19)24/h4-11,17,20-21,28-31H,1,12-16H2,2-3H3,(H,32,34). The third kappa shape index (κ3) is 5.60. The van der Waals surface area contributed by atoms with E-state index in [-0.39, 0.29) is 11.9 Å². The van der Waals surface area contributed by atoms with Gasteiger partial charge in [0.25, 0.3) is 0 Å². The van der Waals surface area contributed by atoms with E-state index in [1.807, 2.05) is 68.8 Å². The summed E-state index contributed by atoms with van der Waals surface area (Å²) in [5.41, 5.74) is 3.79. The number of aromatic amines is 1. The average Bonchev–Trinajstić information content (AvgIpc) is 3.23. The third-order valence-corrected chi connectivity index (χ3v) is 6.41. The maximum absolute atomic E-state index is 12.6. The van der Waals surface area contributed by atoms with Crippen LogP contribution < -0.4 is 16.0 Å². The normalized spacial score (nSPS) is 17.7. The molecule has 5 N–H and O–H groups in total. The number of aromatic nitrogens is 1. The van der Waals surface area contributed by atoms with Crippen LogP contribution in [0.5, 0.6) is 0 Å². The van der Waals surface area contributed by atoms with Crippen LogP contribution in [0.25, 0.3) is 10.9 Å². The van der Waals surface area contributed by atoms with Crippen molar-refractivity contribution < 1.29 is 4.79 Å². The van der Waals surface area contributed by atoms with E-state index in [4.69, 9.17) is 5.41 Å². The molecule has 1 aliphatic carbocycles. The SMILES string of the molecule is C=C(Nc1ccccc1C(=N)N(C)C)NC1CCC(NC(=O)Cc2c[nH]c3ccccc23)CC1. The van der Waals surface area contributed by atoms with Crippen LogP contribution in [0.1, 0.15) is 36.8 Å². The number of nitrogens with zero attached hydrogens (tertiary/aromatic N) is 1. The summed E-state index contributed by atoms with van der Waals surface area (Å²) in [4.78, 5) is 17.7. The summed E-state index contributed by atoms with van der Waals surface area (Å²) in [7, 11) is 3.73. The van der Waals surface area contributed by atoms with Crippen LogP contribution in [0.4, 0.5) is 5.69 Å². The zero-order valence-corrected chi connectivity index (χ0v) is 19.9. The number of para-hydroxylation sites is 2. The van der Waals surface area contributed by atoms with Crippen molar-refractivity contribution in [2.75, 3.05) is 19.4 Å². The van der Waals surface area contributed by atoms with Crippen molar-refractivity contribution in [3.05, 3.63) is 78.3 Å². The first-order valence-corrected chi connectivity index (χ1v) is 11.8. The molecule has 0 unspecified atom stereocenters. The van der Waals surface area contributed by atoms with E-state index in [9.17, 15) is 4.79 Å². The average molecular weight is 459 g/mol. The van der Waals surface area contributed by atoms with Gasteiger partial charge in [0.05, 0.1) is 17.9 Å². The van der Waals surface area contributed by atoms with E-state index < -0.39 is 0 Å². The Hall–Kier alpha value is -3.74. The van der Waals surface area contributed by atoms with Crippen LogP contribution in [0.2, 0.25) is 0 Å². The predicted octanol–water partition coefficient (Wildman–Crippen LogP) is 4.20. The molecule has 0 spiro atoms. The number of benzene rings is 2. The van der Waals surface area contributed by atoms with E-state index in [1.165, 1.54) is 0 Å². The van der Waals surface area contributed by atoms with Crippen molar-refractivity contribution in [3.8, 4) is 0 Å². The Morgan fingerprint density at radius 2 is 1.68 bits per heavy atom. The summed E-state index contributed by atoms with van der Waals surface area (Å²) >= 11 is 0. The van der Waals surface area contributed by atoms with Gasteiger partial charge in [0.1, 0.15) is 5.84 Å². The fourth-order valence-electron chi connectivity index (χ4n) is 4.60. The van der Waals surface area contributed by atoms with Crippen molar-refractivity contribution in [1.29, 1.82) is 5.41 Å². The van der Waals surface area contributed by atoms with Gasteiger partial charge in [0.2, 0.25) is 5.91 Å². The second kappa shape index (κ2) is 10.5. The first-order chi connectivity index (χ1) is 16.4. The second-order valence-electron chi connectivity index (χ2n) is 9.19. The molecule has 1 amide bonds. The van der Waals surface area contributed by atoms with Crippen LogP contribution in [0.15, 0.2) is 67.1 Å². The first kappa shape index (κ1) is 23.4. The Balaban J connectivity index is 1.24. The molecular formula is C27H34N6O. The zero-order valence-electron chi connectivity index (χ0n) is 19.9. The van der Waals surface area contributed by atoms with Crippen molar-refractivity contribution >= 4 is 28.3 Å². The maximum Gasteiger partial charge on any atom is 0.224 e. The minimum Gasteiger partial charge on any atom is -0.369 e. The maximum atomic E-state index is 12.6. The highest BCUT2D eigenvalue weighted by molar-refractivity contribution is 6.01. The van der Waals surface area contributed by atoms with E-state index in [0.717, 1.165) is 59.2 Å². The van der Waals surface area contributed by atoms with Gasteiger partial charge < -0.3 is 25.8 Å². The molecule has 178 valence electrons. The molecule has 0 saturated heterocycles. The number of hydrogen-bond donors (Lipinski definition) is 5. The van der Waals surface area contributed by atoms with Gasteiger partial charge in [-0.05, 0) is 49.4 Å². The number of fused-ring (bicyclic) bond motifs is 1. The molecule has 34 heavy (non-hydrogen) atoms. The summed E-state index contributed by atoms with van der Waals surface area (Å²) in [5, 5.41) is 19.4. The number of hydrogen-bond acceptors (Lipinski definition) is 4. The number of H-pyrrole nitrogens is 1. The summed E-state index contributed by atoms with van der Waals surface area (Å²) < 4.78 is 0. The van der Waals surface area contributed by atoms with Gasteiger partial charge in [-0.15, -0.1) is 0 Å². The number of rotatable bonds is 8. The van der Waals surface area contributed by atoms with Crippen LogP contribution in [-0.2, 0) is 11.2 Å². The van der Waals surface area contributed by atoms with Crippen molar-refractivity contribution in [1.82, 2.24) is 20.5 Å². The van der Waals surface area contributed by atoms with Gasteiger partial charge in [-0.2, -0.15) is 0 Å². The highest BCUT2D eigenvalue weighted by Crippen LogP contribution is 2.22. The molecular weight excluding hydrogens is 424 g/mol. The molecule has 0 radical (unpaired) electrons. The summed E-state index contributed by atoms with van der Waals surface area (Å²) in [6.07, 6.45) is 6.13. The smallest absolute Gasteiger partial charge is 0.224 e. The minimum atomic E-state index is 0.0761. The number of amidine groups is 1. The molecule has 4 rings (SSSR count). The Morgan fingerprint density at radius 1 is 1.03 bits per heavy atom. The lowest BCUT2D eigenvalue weighted by Gasteiger charge is -2.31. The van der Waals surface area contributed by atoms with Crippen molar-refractivity contribution in [2.24, 2.45) is 0 Å². The largest absolute Gasteiger partial charge is 0.369 e.